The summed E-state index contributed by atoms with van der Waals surface area (Å²) in [6, 6.07) is 4.52. The molecule has 1 unspecified atom stereocenters. The van der Waals surface area contributed by atoms with Crippen LogP contribution in [0.4, 0.5) is 5.82 Å². The van der Waals surface area contributed by atoms with E-state index in [0.717, 1.165) is 11.2 Å². The lowest BCUT2D eigenvalue weighted by atomic mass is 10.1. The van der Waals surface area contributed by atoms with Gasteiger partial charge in [-0.05, 0) is 49.7 Å². The van der Waals surface area contributed by atoms with Gasteiger partial charge in [-0.25, -0.2) is 4.98 Å². The molecule has 1 aromatic rings. The molecule has 0 spiro atoms. The van der Waals surface area contributed by atoms with E-state index in [2.05, 4.69) is 33.0 Å². The third kappa shape index (κ3) is 2.35. The molecule has 2 aliphatic rings. The van der Waals surface area contributed by atoms with Gasteiger partial charge in [0.15, 0.2) is 0 Å². The van der Waals surface area contributed by atoms with E-state index in [0.29, 0.717) is 0 Å². The predicted octanol–water partition coefficient (Wildman–Crippen LogP) is 3.18. The van der Waals surface area contributed by atoms with Crippen LogP contribution in [0.3, 0.4) is 0 Å². The third-order valence-corrected chi connectivity index (χ3v) is 4.50. The van der Waals surface area contributed by atoms with Gasteiger partial charge in [-0.2, -0.15) is 0 Å². The van der Waals surface area contributed by atoms with Crippen molar-refractivity contribution in [3.05, 3.63) is 23.4 Å². The standard InChI is InChI=1S/C14H19BrN2/c15-8-6-11-7-9-17(10-11)14-5-4-12-2-1-3-13(12)16-14/h4-5,11H,1-3,6-10H2. The number of hydrogen-bond acceptors (Lipinski definition) is 2. The third-order valence-electron chi connectivity index (χ3n) is 4.04. The Kier molecular flexibility index (Phi) is 3.37. The Labute approximate surface area is 112 Å². The zero-order valence-corrected chi connectivity index (χ0v) is 11.7. The number of rotatable bonds is 3. The molecule has 0 saturated carbocycles. The first kappa shape index (κ1) is 11.5. The lowest BCUT2D eigenvalue weighted by molar-refractivity contribution is 0.575. The first-order chi connectivity index (χ1) is 8.36. The molecular weight excluding hydrogens is 276 g/mol. The van der Waals surface area contributed by atoms with Crippen LogP contribution in [0.2, 0.25) is 0 Å². The summed E-state index contributed by atoms with van der Waals surface area (Å²) in [5, 5.41) is 1.13. The van der Waals surface area contributed by atoms with Crippen LogP contribution in [0, 0.1) is 5.92 Å². The molecule has 1 aliphatic heterocycles. The lowest BCUT2D eigenvalue weighted by Crippen LogP contribution is -2.21. The Morgan fingerprint density at radius 3 is 3.18 bits per heavy atom. The zero-order chi connectivity index (χ0) is 11.7. The number of pyridine rings is 1. The van der Waals surface area contributed by atoms with Gasteiger partial charge >= 0.3 is 0 Å². The minimum atomic E-state index is 0.851. The number of alkyl halides is 1. The van der Waals surface area contributed by atoms with Crippen molar-refractivity contribution in [2.24, 2.45) is 5.92 Å². The van der Waals surface area contributed by atoms with E-state index in [9.17, 15) is 0 Å². The summed E-state index contributed by atoms with van der Waals surface area (Å²) in [6.45, 7) is 2.38. The lowest BCUT2D eigenvalue weighted by Gasteiger charge is -2.18. The number of halogens is 1. The summed E-state index contributed by atoms with van der Waals surface area (Å²) in [5.41, 5.74) is 2.83. The van der Waals surface area contributed by atoms with Crippen LogP contribution in [-0.4, -0.2) is 23.4 Å². The molecule has 3 heteroatoms. The summed E-state index contributed by atoms with van der Waals surface area (Å²) < 4.78 is 0. The molecule has 17 heavy (non-hydrogen) atoms. The van der Waals surface area contributed by atoms with Crippen molar-refractivity contribution in [3.8, 4) is 0 Å². The van der Waals surface area contributed by atoms with Crippen molar-refractivity contribution in [3.63, 3.8) is 0 Å². The molecule has 1 aromatic heterocycles. The number of aromatic nitrogens is 1. The van der Waals surface area contributed by atoms with Crippen molar-refractivity contribution in [1.29, 1.82) is 0 Å². The van der Waals surface area contributed by atoms with Gasteiger partial charge in [0.1, 0.15) is 5.82 Å². The molecule has 3 rings (SSSR count). The zero-order valence-electron chi connectivity index (χ0n) is 10.2. The first-order valence-corrected chi connectivity index (χ1v) is 7.78. The monoisotopic (exact) mass is 294 g/mol. The van der Waals surface area contributed by atoms with Crippen LogP contribution in [0.15, 0.2) is 12.1 Å². The van der Waals surface area contributed by atoms with Crippen molar-refractivity contribution >= 4 is 21.7 Å². The fraction of sp³-hybridized carbons (Fsp3) is 0.643. The van der Waals surface area contributed by atoms with Crippen molar-refractivity contribution in [2.75, 3.05) is 23.3 Å². The van der Waals surface area contributed by atoms with Crippen LogP contribution in [0.25, 0.3) is 0 Å². The highest BCUT2D eigenvalue weighted by Crippen LogP contribution is 2.28. The summed E-state index contributed by atoms with van der Waals surface area (Å²) >= 11 is 3.54. The van der Waals surface area contributed by atoms with Gasteiger partial charge in [-0.15, -0.1) is 0 Å². The molecule has 0 amide bonds. The average Bonchev–Trinajstić information content (AvgIpc) is 2.96. The molecule has 2 nitrogen and oxygen atoms in total. The Morgan fingerprint density at radius 2 is 2.29 bits per heavy atom. The van der Waals surface area contributed by atoms with E-state index in [1.54, 1.807) is 0 Å². The van der Waals surface area contributed by atoms with Crippen molar-refractivity contribution in [2.45, 2.75) is 32.1 Å². The van der Waals surface area contributed by atoms with E-state index >= 15 is 0 Å². The molecule has 1 saturated heterocycles. The number of fused-ring (bicyclic) bond motifs is 1. The minimum Gasteiger partial charge on any atom is -0.356 e. The van der Waals surface area contributed by atoms with Gasteiger partial charge in [-0.3, -0.25) is 0 Å². The molecule has 2 heterocycles. The molecular formula is C14H19BrN2. The second-order valence-electron chi connectivity index (χ2n) is 5.21. The maximum Gasteiger partial charge on any atom is 0.128 e. The Balaban J connectivity index is 1.73. The van der Waals surface area contributed by atoms with E-state index in [4.69, 9.17) is 4.98 Å². The Bertz CT molecular complexity index is 405. The highest BCUT2D eigenvalue weighted by Gasteiger charge is 2.23. The van der Waals surface area contributed by atoms with Gasteiger partial charge in [-0.1, -0.05) is 22.0 Å². The number of hydrogen-bond donors (Lipinski definition) is 0. The topological polar surface area (TPSA) is 16.1 Å². The van der Waals surface area contributed by atoms with E-state index in [1.165, 1.54) is 62.3 Å². The second kappa shape index (κ2) is 4.97. The van der Waals surface area contributed by atoms with Gasteiger partial charge in [0.05, 0.1) is 0 Å². The summed E-state index contributed by atoms with van der Waals surface area (Å²) in [5.74, 6) is 2.06. The van der Waals surface area contributed by atoms with Crippen LogP contribution in [0.5, 0.6) is 0 Å². The van der Waals surface area contributed by atoms with Crippen LogP contribution < -0.4 is 4.90 Å². The predicted molar refractivity (Wildman–Crippen MR) is 75.0 cm³/mol. The summed E-state index contributed by atoms with van der Waals surface area (Å²) in [7, 11) is 0. The summed E-state index contributed by atoms with van der Waals surface area (Å²) in [6.07, 6.45) is 6.32. The average molecular weight is 295 g/mol. The van der Waals surface area contributed by atoms with Crippen molar-refractivity contribution < 1.29 is 0 Å². The SMILES string of the molecule is BrCCC1CCN(c2ccc3c(n2)CCC3)C1. The fourth-order valence-corrected chi connectivity index (χ4v) is 3.66. The van der Waals surface area contributed by atoms with Gasteiger partial charge in [0.25, 0.3) is 0 Å². The van der Waals surface area contributed by atoms with E-state index in [-0.39, 0.29) is 0 Å². The first-order valence-electron chi connectivity index (χ1n) is 6.66. The maximum absolute atomic E-state index is 4.84. The second-order valence-corrected chi connectivity index (χ2v) is 6.00. The number of aryl methyl sites for hydroxylation is 2. The number of anilines is 1. The highest BCUT2D eigenvalue weighted by atomic mass is 79.9. The molecule has 0 radical (unpaired) electrons. The Hall–Kier alpha value is -0.570. The molecule has 0 N–H and O–H groups in total. The number of nitrogens with zero attached hydrogens (tertiary/aromatic N) is 2. The summed E-state index contributed by atoms with van der Waals surface area (Å²) in [4.78, 5) is 7.31. The smallest absolute Gasteiger partial charge is 0.128 e. The molecule has 1 atom stereocenters. The molecule has 1 aliphatic carbocycles. The van der Waals surface area contributed by atoms with Crippen LogP contribution >= 0.6 is 15.9 Å². The fourth-order valence-electron chi connectivity index (χ4n) is 3.02. The normalized spacial score (nSPS) is 23.1. The highest BCUT2D eigenvalue weighted by molar-refractivity contribution is 9.09. The molecule has 1 fully saturated rings. The van der Waals surface area contributed by atoms with Crippen molar-refractivity contribution in [1.82, 2.24) is 4.98 Å². The Morgan fingerprint density at radius 1 is 1.35 bits per heavy atom. The quantitative estimate of drug-likeness (QED) is 0.796. The molecule has 92 valence electrons. The van der Waals surface area contributed by atoms with Gasteiger partial charge in [0, 0.05) is 24.1 Å². The minimum absolute atomic E-state index is 0.851. The van der Waals surface area contributed by atoms with E-state index < -0.39 is 0 Å². The van der Waals surface area contributed by atoms with Crippen LogP contribution in [0.1, 0.15) is 30.5 Å². The molecule has 0 bridgehead atoms. The maximum atomic E-state index is 4.84. The largest absolute Gasteiger partial charge is 0.356 e. The van der Waals surface area contributed by atoms with Gasteiger partial charge < -0.3 is 4.90 Å². The van der Waals surface area contributed by atoms with E-state index in [1.807, 2.05) is 0 Å². The molecule has 0 aromatic carbocycles. The van der Waals surface area contributed by atoms with Crippen LogP contribution in [-0.2, 0) is 12.8 Å². The van der Waals surface area contributed by atoms with Gasteiger partial charge in [0.2, 0.25) is 0 Å².